The first-order chi connectivity index (χ1) is 10.5. The summed E-state index contributed by atoms with van der Waals surface area (Å²) in [5.41, 5.74) is -0.0549. The van der Waals surface area contributed by atoms with Crippen LogP contribution in [0.25, 0.3) is 0 Å². The third-order valence-corrected chi connectivity index (χ3v) is 3.52. The van der Waals surface area contributed by atoms with Gasteiger partial charge in [-0.1, -0.05) is 11.6 Å². The van der Waals surface area contributed by atoms with E-state index in [1.165, 1.54) is 12.0 Å². The summed E-state index contributed by atoms with van der Waals surface area (Å²) in [4.78, 5) is 37.1. The number of amides is 1. The zero-order valence-electron chi connectivity index (χ0n) is 11.5. The minimum Gasteiger partial charge on any atom is -0.468 e. The van der Waals surface area contributed by atoms with Gasteiger partial charge < -0.3 is 4.74 Å². The van der Waals surface area contributed by atoms with Crippen LogP contribution < -0.4 is 10.6 Å². The Kier molecular flexibility index (Phi) is 3.45. The standard InChI is InChI=1S/C13H11ClN4O4/c1-22-11(19)7-17-13(21)18-10(15-17)6-16(12(18)20)9-4-2-8(14)3-5-9/h2-5H,6-7H2,1H3. The summed E-state index contributed by atoms with van der Waals surface area (Å²) < 4.78 is 6.34. The van der Waals surface area contributed by atoms with Crippen LogP contribution in [0.5, 0.6) is 0 Å². The number of methoxy groups -OCH3 is 1. The predicted octanol–water partition coefficient (Wildman–Crippen LogP) is 0.859. The van der Waals surface area contributed by atoms with E-state index in [1.54, 1.807) is 24.3 Å². The Labute approximate surface area is 129 Å². The summed E-state index contributed by atoms with van der Waals surface area (Å²) in [5.74, 6) is -0.338. The van der Waals surface area contributed by atoms with Crippen molar-refractivity contribution in [2.45, 2.75) is 13.1 Å². The third-order valence-electron chi connectivity index (χ3n) is 3.27. The molecule has 1 aromatic heterocycles. The van der Waals surface area contributed by atoms with E-state index < -0.39 is 17.7 Å². The van der Waals surface area contributed by atoms with Crippen LogP contribution in [0.1, 0.15) is 5.82 Å². The third kappa shape index (κ3) is 2.27. The van der Waals surface area contributed by atoms with Gasteiger partial charge in [0.1, 0.15) is 6.54 Å². The number of nitrogens with zero attached hydrogens (tertiary/aromatic N) is 4. The Morgan fingerprint density at radius 1 is 1.32 bits per heavy atom. The van der Waals surface area contributed by atoms with Crippen molar-refractivity contribution in [1.29, 1.82) is 0 Å². The fourth-order valence-corrected chi connectivity index (χ4v) is 2.32. The number of carbonyl (C=O) groups is 2. The van der Waals surface area contributed by atoms with E-state index in [0.29, 0.717) is 10.7 Å². The second kappa shape index (κ2) is 5.30. The SMILES string of the molecule is COC(=O)Cn1nc2n(c1=O)C(=O)N(c1ccc(Cl)cc1)C2. The number of anilines is 1. The average molecular weight is 323 g/mol. The first-order valence-corrected chi connectivity index (χ1v) is 6.72. The Balaban J connectivity index is 1.91. The Hall–Kier alpha value is -2.61. The molecule has 8 nitrogen and oxygen atoms in total. The molecule has 3 rings (SSSR count). The van der Waals surface area contributed by atoms with Crippen LogP contribution in [0, 0.1) is 0 Å². The minimum absolute atomic E-state index is 0.143. The summed E-state index contributed by atoms with van der Waals surface area (Å²) >= 11 is 5.81. The lowest BCUT2D eigenvalue weighted by atomic mass is 10.3. The van der Waals surface area contributed by atoms with E-state index in [0.717, 1.165) is 9.25 Å². The molecule has 0 atom stereocenters. The van der Waals surface area contributed by atoms with E-state index in [2.05, 4.69) is 9.84 Å². The summed E-state index contributed by atoms with van der Waals surface area (Å²) in [6.07, 6.45) is 0. The topological polar surface area (TPSA) is 86.4 Å². The van der Waals surface area contributed by atoms with Crippen molar-refractivity contribution in [3.63, 3.8) is 0 Å². The number of benzene rings is 1. The highest BCUT2D eigenvalue weighted by molar-refractivity contribution is 6.30. The Morgan fingerprint density at radius 3 is 2.59 bits per heavy atom. The number of ether oxygens (including phenoxy) is 1. The number of hydrogen-bond acceptors (Lipinski definition) is 5. The van der Waals surface area contributed by atoms with Gasteiger partial charge in [-0.05, 0) is 24.3 Å². The van der Waals surface area contributed by atoms with E-state index >= 15 is 0 Å². The second-order valence-corrected chi connectivity index (χ2v) is 5.05. The molecule has 22 heavy (non-hydrogen) atoms. The Bertz CT molecular complexity index is 808. The molecule has 0 spiro atoms. The molecule has 0 N–H and O–H groups in total. The molecular weight excluding hydrogens is 312 g/mol. The van der Waals surface area contributed by atoms with Crippen molar-refractivity contribution >= 4 is 29.3 Å². The average Bonchev–Trinajstić information content (AvgIpc) is 2.98. The van der Waals surface area contributed by atoms with Gasteiger partial charge in [0.15, 0.2) is 5.82 Å². The largest absolute Gasteiger partial charge is 0.468 e. The summed E-state index contributed by atoms with van der Waals surface area (Å²) in [7, 11) is 1.21. The van der Waals surface area contributed by atoms with Crippen LogP contribution in [0.2, 0.25) is 5.02 Å². The fourth-order valence-electron chi connectivity index (χ4n) is 2.19. The molecule has 0 aliphatic carbocycles. The highest BCUT2D eigenvalue weighted by Gasteiger charge is 2.33. The van der Waals surface area contributed by atoms with E-state index in [-0.39, 0.29) is 18.9 Å². The lowest BCUT2D eigenvalue weighted by molar-refractivity contribution is -0.141. The van der Waals surface area contributed by atoms with Gasteiger partial charge in [-0.25, -0.2) is 14.3 Å². The first kappa shape index (κ1) is 14.3. The molecule has 0 bridgehead atoms. The number of halogens is 1. The van der Waals surface area contributed by atoms with Crippen LogP contribution in [-0.4, -0.2) is 33.5 Å². The van der Waals surface area contributed by atoms with Crippen LogP contribution in [0.3, 0.4) is 0 Å². The summed E-state index contributed by atoms with van der Waals surface area (Å²) in [6.45, 7) is -0.187. The predicted molar refractivity (Wildman–Crippen MR) is 76.9 cm³/mol. The maximum atomic E-state index is 12.4. The molecule has 1 aromatic carbocycles. The van der Waals surface area contributed by atoms with Gasteiger partial charge >= 0.3 is 17.7 Å². The number of fused-ring (bicyclic) bond motifs is 1. The lowest BCUT2D eigenvalue weighted by Crippen LogP contribution is -2.35. The van der Waals surface area contributed by atoms with Crippen molar-refractivity contribution in [2.24, 2.45) is 0 Å². The molecule has 9 heteroatoms. The van der Waals surface area contributed by atoms with Crippen molar-refractivity contribution in [2.75, 3.05) is 12.0 Å². The molecule has 2 aromatic rings. The number of rotatable bonds is 3. The highest BCUT2D eigenvalue weighted by atomic mass is 35.5. The number of carbonyl (C=O) groups excluding carboxylic acids is 2. The van der Waals surface area contributed by atoms with Gasteiger partial charge in [0.2, 0.25) is 0 Å². The maximum Gasteiger partial charge on any atom is 0.354 e. The van der Waals surface area contributed by atoms with Gasteiger partial charge in [-0.15, -0.1) is 0 Å². The van der Waals surface area contributed by atoms with Crippen LogP contribution in [0.15, 0.2) is 29.1 Å². The summed E-state index contributed by atoms with van der Waals surface area (Å²) in [5, 5.41) is 4.55. The normalized spacial score (nSPS) is 13.4. The van der Waals surface area contributed by atoms with Gasteiger partial charge in [0.25, 0.3) is 0 Å². The van der Waals surface area contributed by atoms with E-state index in [4.69, 9.17) is 11.6 Å². The number of hydrogen-bond donors (Lipinski definition) is 0. The first-order valence-electron chi connectivity index (χ1n) is 6.34. The van der Waals surface area contributed by atoms with Crippen molar-refractivity contribution < 1.29 is 14.3 Å². The lowest BCUT2D eigenvalue weighted by Gasteiger charge is -2.14. The van der Waals surface area contributed by atoms with Gasteiger partial charge in [0.05, 0.1) is 13.7 Å². The van der Waals surface area contributed by atoms with Crippen LogP contribution in [0.4, 0.5) is 10.5 Å². The minimum atomic E-state index is -0.665. The monoisotopic (exact) mass is 322 g/mol. The Morgan fingerprint density at radius 2 is 2.00 bits per heavy atom. The molecule has 1 amide bonds. The second-order valence-electron chi connectivity index (χ2n) is 4.61. The van der Waals surface area contributed by atoms with Crippen LogP contribution >= 0.6 is 11.6 Å². The quantitative estimate of drug-likeness (QED) is 0.782. The van der Waals surface area contributed by atoms with Crippen molar-refractivity contribution in [3.8, 4) is 0 Å². The molecule has 114 valence electrons. The molecule has 0 saturated heterocycles. The number of esters is 1. The maximum absolute atomic E-state index is 12.4. The smallest absolute Gasteiger partial charge is 0.354 e. The molecule has 1 aliphatic rings. The van der Waals surface area contributed by atoms with Crippen molar-refractivity contribution in [3.05, 3.63) is 45.6 Å². The van der Waals surface area contributed by atoms with E-state index in [1.807, 2.05) is 0 Å². The zero-order valence-corrected chi connectivity index (χ0v) is 12.3. The van der Waals surface area contributed by atoms with Crippen LogP contribution in [-0.2, 0) is 22.6 Å². The fraction of sp³-hybridized carbons (Fsp3) is 0.231. The summed E-state index contributed by atoms with van der Waals surface area (Å²) in [6, 6.07) is 6.15. The molecule has 0 fully saturated rings. The molecule has 0 unspecified atom stereocenters. The molecular formula is C13H11ClN4O4. The molecule has 2 heterocycles. The molecule has 0 saturated carbocycles. The van der Waals surface area contributed by atoms with Gasteiger partial charge in [0, 0.05) is 10.7 Å². The van der Waals surface area contributed by atoms with Crippen molar-refractivity contribution in [1.82, 2.24) is 14.3 Å². The molecule has 0 radical (unpaired) electrons. The van der Waals surface area contributed by atoms with E-state index in [9.17, 15) is 14.4 Å². The zero-order chi connectivity index (χ0) is 15.9. The number of aromatic nitrogens is 3. The highest BCUT2D eigenvalue weighted by Crippen LogP contribution is 2.23. The van der Waals surface area contributed by atoms with Gasteiger partial charge in [-0.3, -0.25) is 9.69 Å². The van der Waals surface area contributed by atoms with Gasteiger partial charge in [-0.2, -0.15) is 9.67 Å². The molecule has 1 aliphatic heterocycles.